The Balaban J connectivity index is 1.52. The van der Waals surface area contributed by atoms with Crippen LogP contribution in [0.25, 0.3) is 4.96 Å². The fourth-order valence-electron chi connectivity index (χ4n) is 2.91. The predicted octanol–water partition coefficient (Wildman–Crippen LogP) is 2.14. The molecule has 6 heteroatoms. The van der Waals surface area contributed by atoms with Crippen molar-refractivity contribution in [3.63, 3.8) is 0 Å². The van der Waals surface area contributed by atoms with Crippen molar-refractivity contribution < 1.29 is 9.90 Å². The number of carbonyl (C=O) groups excluding carboxylic acids is 1. The molecule has 2 aromatic rings. The summed E-state index contributed by atoms with van der Waals surface area (Å²) in [7, 11) is 0. The highest BCUT2D eigenvalue weighted by Gasteiger charge is 2.28. The van der Waals surface area contributed by atoms with Gasteiger partial charge in [-0.15, -0.1) is 11.3 Å². The van der Waals surface area contributed by atoms with Crippen LogP contribution in [0.15, 0.2) is 17.8 Å². The number of nitrogens with zero attached hydrogens (tertiary/aromatic N) is 2. The first kappa shape index (κ1) is 14.5. The normalized spacial score (nSPS) is 18.5. The average molecular weight is 307 g/mol. The number of aromatic nitrogens is 2. The fraction of sp³-hybridized carbons (Fsp3) is 0.600. The molecule has 1 amide bonds. The zero-order valence-electron chi connectivity index (χ0n) is 12.0. The van der Waals surface area contributed by atoms with Crippen LogP contribution in [-0.2, 0) is 11.2 Å². The molecular formula is C15H21N3O2S. The summed E-state index contributed by atoms with van der Waals surface area (Å²) in [6.45, 7) is 0.355. The second kappa shape index (κ2) is 6.15. The van der Waals surface area contributed by atoms with Crippen LogP contribution in [0.5, 0.6) is 0 Å². The molecule has 0 unspecified atom stereocenters. The minimum atomic E-state index is -0.722. The summed E-state index contributed by atoms with van der Waals surface area (Å²) in [5.41, 5.74) is 0.0490. The van der Waals surface area contributed by atoms with Gasteiger partial charge in [0.05, 0.1) is 17.7 Å². The van der Waals surface area contributed by atoms with Gasteiger partial charge in [-0.1, -0.05) is 25.7 Å². The molecule has 3 rings (SSSR count). The number of hydrogen-bond acceptors (Lipinski definition) is 4. The molecule has 2 heterocycles. The molecule has 2 N–H and O–H groups in total. The molecule has 0 aromatic carbocycles. The number of aliphatic hydroxyl groups is 1. The number of amides is 1. The van der Waals surface area contributed by atoms with Crippen molar-refractivity contribution in [2.45, 2.75) is 50.5 Å². The van der Waals surface area contributed by atoms with Crippen LogP contribution in [-0.4, -0.2) is 32.5 Å². The number of carbonyl (C=O) groups is 1. The van der Waals surface area contributed by atoms with Gasteiger partial charge in [-0.05, 0) is 12.8 Å². The van der Waals surface area contributed by atoms with Gasteiger partial charge in [0, 0.05) is 24.3 Å². The highest BCUT2D eigenvalue weighted by atomic mass is 32.1. The van der Waals surface area contributed by atoms with Gasteiger partial charge < -0.3 is 10.4 Å². The number of nitrogens with one attached hydrogen (secondary N) is 1. The van der Waals surface area contributed by atoms with E-state index in [-0.39, 0.29) is 12.3 Å². The first-order valence-corrected chi connectivity index (χ1v) is 8.43. The van der Waals surface area contributed by atoms with Crippen LogP contribution in [0, 0.1) is 0 Å². The van der Waals surface area contributed by atoms with Gasteiger partial charge in [-0.2, -0.15) is 0 Å². The maximum absolute atomic E-state index is 12.0. The van der Waals surface area contributed by atoms with E-state index in [2.05, 4.69) is 10.3 Å². The minimum Gasteiger partial charge on any atom is -0.388 e. The molecule has 1 aliphatic carbocycles. The van der Waals surface area contributed by atoms with Crippen molar-refractivity contribution in [2.75, 3.05) is 6.54 Å². The van der Waals surface area contributed by atoms with Crippen LogP contribution < -0.4 is 5.32 Å². The second-order valence-electron chi connectivity index (χ2n) is 5.92. The lowest BCUT2D eigenvalue weighted by atomic mass is 9.94. The molecule has 2 aromatic heterocycles. The monoisotopic (exact) mass is 307 g/mol. The number of imidazole rings is 1. The van der Waals surface area contributed by atoms with E-state index in [0.29, 0.717) is 6.54 Å². The average Bonchev–Trinajstić information content (AvgIpc) is 2.94. The molecule has 0 atom stereocenters. The van der Waals surface area contributed by atoms with E-state index in [1.165, 1.54) is 12.8 Å². The molecule has 5 nitrogen and oxygen atoms in total. The van der Waals surface area contributed by atoms with E-state index in [0.717, 1.165) is 36.3 Å². The van der Waals surface area contributed by atoms with E-state index in [1.807, 2.05) is 22.2 Å². The van der Waals surface area contributed by atoms with Gasteiger partial charge in [-0.3, -0.25) is 9.20 Å². The Labute approximate surface area is 128 Å². The van der Waals surface area contributed by atoms with Crippen molar-refractivity contribution in [3.8, 4) is 0 Å². The van der Waals surface area contributed by atoms with Gasteiger partial charge in [-0.25, -0.2) is 4.98 Å². The summed E-state index contributed by atoms with van der Waals surface area (Å²) in [5.74, 6) is -0.0709. The Morgan fingerprint density at radius 3 is 2.86 bits per heavy atom. The van der Waals surface area contributed by atoms with Gasteiger partial charge in [0.15, 0.2) is 4.96 Å². The van der Waals surface area contributed by atoms with Gasteiger partial charge in [0.1, 0.15) is 0 Å². The minimum absolute atomic E-state index is 0.0709. The summed E-state index contributed by atoms with van der Waals surface area (Å²) in [4.78, 5) is 17.3. The molecule has 0 radical (unpaired) electrons. The Morgan fingerprint density at radius 2 is 2.14 bits per heavy atom. The quantitative estimate of drug-likeness (QED) is 0.851. The van der Waals surface area contributed by atoms with Crippen LogP contribution in [0.2, 0.25) is 0 Å². The topological polar surface area (TPSA) is 66.6 Å². The molecule has 21 heavy (non-hydrogen) atoms. The largest absolute Gasteiger partial charge is 0.388 e. The lowest BCUT2D eigenvalue weighted by Crippen LogP contribution is -2.43. The molecule has 0 spiro atoms. The van der Waals surface area contributed by atoms with Crippen molar-refractivity contribution in [2.24, 2.45) is 0 Å². The smallest absolute Gasteiger partial charge is 0.226 e. The van der Waals surface area contributed by atoms with E-state index in [9.17, 15) is 9.90 Å². The summed E-state index contributed by atoms with van der Waals surface area (Å²) in [5, 5.41) is 15.4. The third-order valence-corrected chi connectivity index (χ3v) is 4.90. The molecular weight excluding hydrogens is 286 g/mol. The van der Waals surface area contributed by atoms with E-state index in [4.69, 9.17) is 0 Å². The highest BCUT2D eigenvalue weighted by molar-refractivity contribution is 7.15. The Hall–Kier alpha value is -1.40. The molecule has 1 aliphatic rings. The molecule has 114 valence electrons. The maximum atomic E-state index is 12.0. The van der Waals surface area contributed by atoms with Crippen molar-refractivity contribution in [3.05, 3.63) is 23.5 Å². The Kier molecular flexibility index (Phi) is 4.26. The maximum Gasteiger partial charge on any atom is 0.226 e. The summed E-state index contributed by atoms with van der Waals surface area (Å²) >= 11 is 1.55. The zero-order chi connectivity index (χ0) is 14.7. The standard InChI is InChI=1S/C15H21N3O2S/c19-13(9-12-10-18-7-8-21-14(18)17-12)16-11-15(20)5-3-1-2-4-6-15/h7-8,10,20H,1-6,9,11H2,(H,16,19). The summed E-state index contributed by atoms with van der Waals surface area (Å²) in [6, 6.07) is 0. The van der Waals surface area contributed by atoms with Gasteiger partial charge in [0.2, 0.25) is 5.91 Å². The second-order valence-corrected chi connectivity index (χ2v) is 6.79. The third kappa shape index (κ3) is 3.63. The first-order valence-electron chi connectivity index (χ1n) is 7.55. The summed E-state index contributed by atoms with van der Waals surface area (Å²) in [6.07, 6.45) is 10.1. The fourth-order valence-corrected chi connectivity index (χ4v) is 3.63. The Morgan fingerprint density at radius 1 is 1.38 bits per heavy atom. The number of fused-ring (bicyclic) bond motifs is 1. The molecule has 1 saturated carbocycles. The van der Waals surface area contributed by atoms with Crippen LogP contribution in [0.4, 0.5) is 0 Å². The van der Waals surface area contributed by atoms with E-state index in [1.54, 1.807) is 11.3 Å². The van der Waals surface area contributed by atoms with Crippen molar-refractivity contribution >= 4 is 22.2 Å². The lowest BCUT2D eigenvalue weighted by Gasteiger charge is -2.26. The Bertz CT molecular complexity index is 583. The van der Waals surface area contributed by atoms with Gasteiger partial charge in [0.25, 0.3) is 0 Å². The SMILES string of the molecule is O=C(Cc1cn2ccsc2n1)NCC1(O)CCCCCC1. The van der Waals surface area contributed by atoms with E-state index >= 15 is 0 Å². The first-order chi connectivity index (χ1) is 10.1. The number of hydrogen-bond donors (Lipinski definition) is 2. The van der Waals surface area contributed by atoms with Crippen LogP contribution in [0.1, 0.15) is 44.2 Å². The van der Waals surface area contributed by atoms with E-state index < -0.39 is 5.60 Å². The summed E-state index contributed by atoms with van der Waals surface area (Å²) < 4.78 is 1.92. The number of thiazole rings is 1. The van der Waals surface area contributed by atoms with Crippen LogP contribution >= 0.6 is 11.3 Å². The zero-order valence-corrected chi connectivity index (χ0v) is 12.9. The van der Waals surface area contributed by atoms with Crippen molar-refractivity contribution in [1.82, 2.24) is 14.7 Å². The van der Waals surface area contributed by atoms with Crippen LogP contribution in [0.3, 0.4) is 0 Å². The van der Waals surface area contributed by atoms with Crippen molar-refractivity contribution in [1.29, 1.82) is 0 Å². The molecule has 0 aliphatic heterocycles. The predicted molar refractivity (Wildman–Crippen MR) is 82.4 cm³/mol. The molecule has 0 bridgehead atoms. The lowest BCUT2D eigenvalue weighted by molar-refractivity contribution is -0.121. The molecule has 0 saturated heterocycles. The number of rotatable bonds is 4. The highest BCUT2D eigenvalue weighted by Crippen LogP contribution is 2.26. The van der Waals surface area contributed by atoms with Gasteiger partial charge >= 0.3 is 0 Å². The molecule has 1 fully saturated rings. The third-order valence-electron chi connectivity index (χ3n) is 4.13.